The molecule has 2 aliphatic rings. The quantitative estimate of drug-likeness (QED) is 0.287. The number of imidazole rings is 1. The second-order valence-electron chi connectivity index (χ2n) is 11.3. The zero-order valence-electron chi connectivity index (χ0n) is 23.7. The molecule has 2 unspecified atom stereocenters. The van der Waals surface area contributed by atoms with E-state index in [1.54, 1.807) is 12.5 Å². The number of piperazine rings is 1. The molecule has 2 saturated heterocycles. The lowest BCUT2D eigenvalue weighted by Gasteiger charge is -2.41. The summed E-state index contributed by atoms with van der Waals surface area (Å²) in [6, 6.07) is 30.0. The van der Waals surface area contributed by atoms with E-state index in [1.165, 1.54) is 18.4 Å². The van der Waals surface area contributed by atoms with E-state index in [1.807, 2.05) is 54.7 Å². The highest BCUT2D eigenvalue weighted by Crippen LogP contribution is 2.35. The van der Waals surface area contributed by atoms with Gasteiger partial charge in [0.1, 0.15) is 23.5 Å². The van der Waals surface area contributed by atoms with E-state index < -0.39 is 0 Å². The number of hydrogen-bond acceptors (Lipinski definition) is 8. The number of nitrogen functional groups attached to an aromatic ring is 1. The van der Waals surface area contributed by atoms with E-state index in [9.17, 15) is 0 Å². The Balaban J connectivity index is 1.12. The van der Waals surface area contributed by atoms with E-state index >= 15 is 0 Å². The molecule has 6 heterocycles. The number of aromatic nitrogens is 6. The minimum Gasteiger partial charge on any atom is -0.383 e. The summed E-state index contributed by atoms with van der Waals surface area (Å²) in [5.41, 5.74) is 13.0. The fourth-order valence-corrected chi connectivity index (χ4v) is 6.63. The van der Waals surface area contributed by atoms with Gasteiger partial charge in [-0.25, -0.2) is 24.9 Å². The number of pyridine rings is 2. The predicted octanol–water partition coefficient (Wildman–Crippen LogP) is 5.37. The van der Waals surface area contributed by atoms with Gasteiger partial charge in [-0.2, -0.15) is 0 Å². The summed E-state index contributed by atoms with van der Waals surface area (Å²) in [5.74, 6) is 2.19. The Kier molecular flexibility index (Phi) is 6.30. The second kappa shape index (κ2) is 10.6. The topological polar surface area (TPSA) is 102 Å². The van der Waals surface area contributed by atoms with Gasteiger partial charge in [0.2, 0.25) is 0 Å². The average molecular weight is 566 g/mol. The molecule has 9 nitrogen and oxygen atoms in total. The van der Waals surface area contributed by atoms with E-state index in [0.717, 1.165) is 64.9 Å². The molecule has 4 aromatic heterocycles. The zero-order chi connectivity index (χ0) is 28.8. The second-order valence-corrected chi connectivity index (χ2v) is 11.3. The first kappa shape index (κ1) is 25.6. The van der Waals surface area contributed by atoms with Crippen molar-refractivity contribution in [3.63, 3.8) is 0 Å². The van der Waals surface area contributed by atoms with E-state index in [0.29, 0.717) is 17.9 Å². The van der Waals surface area contributed by atoms with Crippen LogP contribution in [0.15, 0.2) is 104 Å². The van der Waals surface area contributed by atoms with Crippen molar-refractivity contribution in [1.82, 2.24) is 34.4 Å². The summed E-state index contributed by atoms with van der Waals surface area (Å²) in [4.78, 5) is 28.1. The van der Waals surface area contributed by atoms with Crippen LogP contribution in [-0.4, -0.2) is 59.6 Å². The van der Waals surface area contributed by atoms with Crippen LogP contribution >= 0.6 is 0 Å². The summed E-state index contributed by atoms with van der Waals surface area (Å²) in [6.45, 7) is 2.92. The predicted molar refractivity (Wildman–Crippen MR) is 169 cm³/mol. The van der Waals surface area contributed by atoms with Gasteiger partial charge in [-0.15, -0.1) is 0 Å². The molecule has 0 amide bonds. The maximum absolute atomic E-state index is 6.35. The molecule has 0 aliphatic carbocycles. The van der Waals surface area contributed by atoms with E-state index in [-0.39, 0.29) is 0 Å². The number of benzene rings is 2. The van der Waals surface area contributed by atoms with Gasteiger partial charge in [0.15, 0.2) is 11.5 Å². The van der Waals surface area contributed by atoms with Crippen LogP contribution in [0.25, 0.3) is 39.5 Å². The number of rotatable bonds is 6. The Bertz CT molecular complexity index is 1870. The lowest BCUT2D eigenvalue weighted by Crippen LogP contribution is -2.53. The normalized spacial score (nSPS) is 18.4. The molecule has 2 atom stereocenters. The Hall–Kier alpha value is -5.15. The van der Waals surface area contributed by atoms with Crippen molar-refractivity contribution in [2.45, 2.75) is 31.5 Å². The molecule has 43 heavy (non-hydrogen) atoms. The minimum atomic E-state index is 0.440. The van der Waals surface area contributed by atoms with Crippen LogP contribution in [0.2, 0.25) is 0 Å². The minimum absolute atomic E-state index is 0.440. The Morgan fingerprint density at radius 3 is 2.33 bits per heavy atom. The van der Waals surface area contributed by atoms with Crippen LogP contribution in [-0.2, 0) is 6.54 Å². The first-order valence-electron chi connectivity index (χ1n) is 14.7. The fourth-order valence-electron chi connectivity index (χ4n) is 6.63. The van der Waals surface area contributed by atoms with Crippen molar-refractivity contribution in [2.24, 2.45) is 0 Å². The van der Waals surface area contributed by atoms with Crippen molar-refractivity contribution in [2.75, 3.05) is 23.7 Å². The zero-order valence-corrected chi connectivity index (χ0v) is 23.7. The summed E-state index contributed by atoms with van der Waals surface area (Å²) < 4.78 is 2.10. The maximum Gasteiger partial charge on any atom is 0.165 e. The van der Waals surface area contributed by atoms with Crippen LogP contribution in [0.4, 0.5) is 11.6 Å². The molecular weight excluding hydrogens is 534 g/mol. The molecule has 2 fully saturated rings. The number of hydrogen-bond donors (Lipinski definition) is 1. The monoisotopic (exact) mass is 565 g/mol. The van der Waals surface area contributed by atoms with Crippen molar-refractivity contribution >= 4 is 22.8 Å². The van der Waals surface area contributed by atoms with Gasteiger partial charge in [0, 0.05) is 55.4 Å². The van der Waals surface area contributed by atoms with Crippen molar-refractivity contribution in [3.05, 3.63) is 109 Å². The third-order valence-corrected chi connectivity index (χ3v) is 8.74. The number of anilines is 2. The number of fused-ring (bicyclic) bond motifs is 3. The van der Waals surface area contributed by atoms with Crippen LogP contribution in [0.1, 0.15) is 18.4 Å². The molecule has 0 saturated carbocycles. The van der Waals surface area contributed by atoms with Crippen molar-refractivity contribution < 1.29 is 0 Å². The highest BCUT2D eigenvalue weighted by atomic mass is 15.3. The van der Waals surface area contributed by atoms with Gasteiger partial charge >= 0.3 is 0 Å². The van der Waals surface area contributed by atoms with Crippen LogP contribution in [0, 0.1) is 0 Å². The highest BCUT2D eigenvalue weighted by molar-refractivity contribution is 5.84. The van der Waals surface area contributed by atoms with Crippen LogP contribution in [0.3, 0.4) is 0 Å². The first-order chi connectivity index (χ1) is 21.2. The third kappa shape index (κ3) is 4.67. The average Bonchev–Trinajstić information content (AvgIpc) is 3.53. The Labute approximate surface area is 249 Å². The summed E-state index contributed by atoms with van der Waals surface area (Å²) >= 11 is 0. The highest BCUT2D eigenvalue weighted by Gasteiger charge is 2.40. The van der Waals surface area contributed by atoms with Gasteiger partial charge in [0.05, 0.1) is 11.3 Å². The lowest BCUT2D eigenvalue weighted by molar-refractivity contribution is 0.160. The van der Waals surface area contributed by atoms with Crippen LogP contribution in [0.5, 0.6) is 0 Å². The molecule has 2 aliphatic heterocycles. The molecule has 2 aromatic carbocycles. The molecule has 0 radical (unpaired) electrons. The van der Waals surface area contributed by atoms with Crippen molar-refractivity contribution in [1.29, 1.82) is 0 Å². The molecule has 2 N–H and O–H groups in total. The molecule has 0 spiro atoms. The standard InChI is InChI=1S/C34H31N9/c35-32-28(7-4-17-37-32)33-40-30-15-14-29(24-5-2-1-3-6-24)39-34(30)43(33)25-10-8-23(9-11-25)19-42-26-12-13-27(42)21-41(20-26)31-16-18-36-22-38-31/h1-11,14-18,22,26-27H,12-13,19-21H2,(H2,35,37). The van der Waals surface area contributed by atoms with E-state index in [2.05, 4.69) is 65.7 Å². The molecule has 212 valence electrons. The van der Waals surface area contributed by atoms with Crippen molar-refractivity contribution in [3.8, 4) is 28.3 Å². The summed E-state index contributed by atoms with van der Waals surface area (Å²) in [6.07, 6.45) is 7.61. The largest absolute Gasteiger partial charge is 0.383 e. The van der Waals surface area contributed by atoms with Crippen LogP contribution < -0.4 is 10.6 Å². The molecular formula is C34H31N9. The lowest BCUT2D eigenvalue weighted by atomic mass is 10.1. The molecule has 2 bridgehead atoms. The Morgan fingerprint density at radius 1 is 0.767 bits per heavy atom. The van der Waals surface area contributed by atoms with Gasteiger partial charge in [-0.1, -0.05) is 42.5 Å². The molecule has 8 rings (SSSR count). The maximum atomic E-state index is 6.35. The fraction of sp³-hybridized carbons (Fsp3) is 0.206. The number of nitrogens with two attached hydrogens (primary N) is 1. The number of nitrogens with zero attached hydrogens (tertiary/aromatic N) is 8. The first-order valence-corrected chi connectivity index (χ1v) is 14.7. The van der Waals surface area contributed by atoms with Gasteiger partial charge < -0.3 is 10.6 Å². The van der Waals surface area contributed by atoms with E-state index in [4.69, 9.17) is 15.7 Å². The summed E-state index contributed by atoms with van der Waals surface area (Å²) in [7, 11) is 0. The van der Waals surface area contributed by atoms with Gasteiger partial charge in [-0.3, -0.25) is 9.47 Å². The van der Waals surface area contributed by atoms with Gasteiger partial charge in [0.25, 0.3) is 0 Å². The molecule has 9 heteroatoms. The Morgan fingerprint density at radius 2 is 1.58 bits per heavy atom. The summed E-state index contributed by atoms with van der Waals surface area (Å²) in [5, 5.41) is 0. The smallest absolute Gasteiger partial charge is 0.165 e. The SMILES string of the molecule is Nc1ncccc1-c1nc2ccc(-c3ccccc3)nc2n1-c1ccc(CN2C3CCC2CN(c2ccncn2)C3)cc1. The third-order valence-electron chi connectivity index (χ3n) is 8.74. The van der Waals surface area contributed by atoms with Gasteiger partial charge in [-0.05, 0) is 60.9 Å². The molecule has 6 aromatic rings.